The number of allylic oxidation sites excluding steroid dienone is 1. The van der Waals surface area contributed by atoms with Gasteiger partial charge in [-0.25, -0.2) is 14.2 Å². The largest absolute Gasteiger partial charge is 0.403 e. The first-order valence-electron chi connectivity index (χ1n) is 4.48. The van der Waals surface area contributed by atoms with Crippen molar-refractivity contribution in [1.82, 2.24) is 0 Å². The topological polar surface area (TPSA) is 88.3 Å². The average Bonchev–Trinajstić information content (AvgIpc) is 2.12. The summed E-state index contributed by atoms with van der Waals surface area (Å²) in [6.07, 6.45) is 4.23. The van der Waals surface area contributed by atoms with E-state index in [0.29, 0.717) is 5.57 Å². The van der Waals surface area contributed by atoms with E-state index in [-0.39, 0.29) is 10.8 Å². The van der Waals surface area contributed by atoms with Crippen LogP contribution in [0.1, 0.15) is 13.8 Å². The summed E-state index contributed by atoms with van der Waals surface area (Å²) in [4.78, 5) is 3.24. The number of hydrogen-bond donors (Lipinski definition) is 1. The van der Waals surface area contributed by atoms with Crippen LogP contribution in [-0.4, -0.2) is 20.3 Å². The van der Waals surface area contributed by atoms with E-state index < -0.39 is 15.5 Å². The van der Waals surface area contributed by atoms with Crippen molar-refractivity contribution in [3.8, 4) is 0 Å². The van der Waals surface area contributed by atoms with Crippen molar-refractivity contribution < 1.29 is 8.42 Å². The molecule has 0 spiro atoms. The van der Waals surface area contributed by atoms with Gasteiger partial charge in [0, 0.05) is 6.26 Å². The fourth-order valence-corrected chi connectivity index (χ4v) is 2.66. The van der Waals surface area contributed by atoms with Gasteiger partial charge in [-0.2, -0.15) is 0 Å². The molecule has 0 radical (unpaired) electrons. The lowest BCUT2D eigenvalue weighted by Gasteiger charge is -2.21. The maximum Gasteiger partial charge on any atom is 0.403 e. The van der Waals surface area contributed by atoms with Gasteiger partial charge in [-0.1, -0.05) is 6.08 Å². The van der Waals surface area contributed by atoms with Gasteiger partial charge in [0.25, 0.3) is 0 Å². The summed E-state index contributed by atoms with van der Waals surface area (Å²) in [5.74, 6) is -0.243. The third kappa shape index (κ3) is 1.80. The monoisotopic (exact) mass is 228 g/mol. The van der Waals surface area contributed by atoms with E-state index in [2.05, 4.69) is 4.98 Å². The second-order valence-electron chi connectivity index (χ2n) is 3.83. The standard InChI is InChI=1S/C9H14N3O2S/c1-6-4-5-8(15(3,13)14)7(2)9(6,10)12-11/h4-6H,10H2,1-3H3/q+1. The molecule has 0 fully saturated rings. The Balaban J connectivity index is 3.47. The molecule has 82 valence electrons. The maximum atomic E-state index is 11.4. The molecule has 1 aliphatic rings. The number of rotatable bonds is 1. The first-order valence-corrected chi connectivity index (χ1v) is 6.37. The molecule has 2 N–H and O–H groups in total. The van der Waals surface area contributed by atoms with E-state index in [1.165, 1.54) is 6.08 Å². The minimum Gasteiger partial charge on any atom is -0.247 e. The SMILES string of the molecule is CC1=C(S(C)(=O)=O)C=CC(C)C1(N)[N+]#N. The highest BCUT2D eigenvalue weighted by Gasteiger charge is 2.50. The van der Waals surface area contributed by atoms with Gasteiger partial charge in [0.05, 0.1) is 16.4 Å². The molecule has 1 aliphatic carbocycles. The molecule has 2 unspecified atom stereocenters. The van der Waals surface area contributed by atoms with Gasteiger partial charge in [-0.3, -0.25) is 0 Å². The van der Waals surface area contributed by atoms with Crippen LogP contribution in [0.2, 0.25) is 0 Å². The van der Waals surface area contributed by atoms with Crippen molar-refractivity contribution in [2.45, 2.75) is 19.5 Å². The van der Waals surface area contributed by atoms with Crippen LogP contribution in [0.4, 0.5) is 0 Å². The predicted octanol–water partition coefficient (Wildman–Crippen LogP) is 1.02. The number of hydrogen-bond acceptors (Lipinski definition) is 4. The Morgan fingerprint density at radius 3 is 2.53 bits per heavy atom. The highest BCUT2D eigenvalue weighted by molar-refractivity contribution is 7.94. The van der Waals surface area contributed by atoms with Crippen LogP contribution in [0.3, 0.4) is 0 Å². The van der Waals surface area contributed by atoms with Gasteiger partial charge in [0.1, 0.15) is 4.98 Å². The average molecular weight is 228 g/mol. The molecule has 5 nitrogen and oxygen atoms in total. The van der Waals surface area contributed by atoms with Crippen LogP contribution in [0.15, 0.2) is 22.6 Å². The Kier molecular flexibility index (Phi) is 2.72. The van der Waals surface area contributed by atoms with Crippen molar-refractivity contribution in [3.05, 3.63) is 27.6 Å². The minimum atomic E-state index is -3.34. The normalized spacial score (nSPS) is 31.5. The van der Waals surface area contributed by atoms with Gasteiger partial charge in [0.2, 0.25) is 5.39 Å². The van der Waals surface area contributed by atoms with Gasteiger partial charge < -0.3 is 0 Å². The molecule has 6 heteroatoms. The first-order chi connectivity index (χ1) is 6.73. The smallest absolute Gasteiger partial charge is 0.247 e. The van der Waals surface area contributed by atoms with Crippen LogP contribution >= 0.6 is 0 Å². The molecule has 2 atom stereocenters. The van der Waals surface area contributed by atoms with Crippen molar-refractivity contribution in [2.75, 3.05) is 6.26 Å². The fourth-order valence-electron chi connectivity index (χ4n) is 1.61. The summed E-state index contributed by atoms with van der Waals surface area (Å²) in [7, 11) is -3.34. The van der Waals surface area contributed by atoms with Crippen molar-refractivity contribution in [1.29, 1.82) is 5.39 Å². The zero-order valence-electron chi connectivity index (χ0n) is 8.93. The van der Waals surface area contributed by atoms with Crippen molar-refractivity contribution in [3.63, 3.8) is 0 Å². The van der Waals surface area contributed by atoms with Crippen molar-refractivity contribution >= 4 is 9.84 Å². The molecule has 0 aliphatic heterocycles. The molecule has 15 heavy (non-hydrogen) atoms. The van der Waals surface area contributed by atoms with Crippen molar-refractivity contribution in [2.24, 2.45) is 11.7 Å². The third-order valence-corrected chi connectivity index (χ3v) is 4.01. The summed E-state index contributed by atoms with van der Waals surface area (Å²) in [5.41, 5.74) is 4.87. The lowest BCUT2D eigenvalue weighted by atomic mass is 9.85. The third-order valence-electron chi connectivity index (χ3n) is 2.77. The summed E-state index contributed by atoms with van der Waals surface area (Å²) in [6, 6.07) is 0. The Labute approximate surface area is 89.2 Å². The van der Waals surface area contributed by atoms with Crippen LogP contribution in [-0.2, 0) is 9.84 Å². The van der Waals surface area contributed by atoms with Gasteiger partial charge in [0.15, 0.2) is 9.84 Å². The van der Waals surface area contributed by atoms with Crippen LogP contribution in [0, 0.1) is 11.3 Å². The molecule has 0 amide bonds. The number of diazo groups is 1. The zero-order chi connectivity index (χ0) is 11.9. The molecule has 0 aromatic carbocycles. The van der Waals surface area contributed by atoms with E-state index in [1.807, 2.05) is 0 Å². The molecule has 0 aromatic rings. The fraction of sp³-hybridized carbons (Fsp3) is 0.556. The van der Waals surface area contributed by atoms with E-state index in [4.69, 9.17) is 11.1 Å². The quantitative estimate of drug-likeness (QED) is 0.678. The molecule has 0 heterocycles. The molecule has 0 saturated carbocycles. The molecular weight excluding hydrogens is 214 g/mol. The second-order valence-corrected chi connectivity index (χ2v) is 5.82. The summed E-state index contributed by atoms with van der Waals surface area (Å²) < 4.78 is 22.8. The molecule has 1 rings (SSSR count). The highest BCUT2D eigenvalue weighted by atomic mass is 32.2. The van der Waals surface area contributed by atoms with Crippen LogP contribution < -0.4 is 5.73 Å². The molecule has 0 aromatic heterocycles. The van der Waals surface area contributed by atoms with E-state index in [1.54, 1.807) is 19.9 Å². The maximum absolute atomic E-state index is 11.4. The van der Waals surface area contributed by atoms with Crippen LogP contribution in [0.25, 0.3) is 4.98 Å². The van der Waals surface area contributed by atoms with Gasteiger partial charge in [-0.15, -0.1) is 0 Å². The van der Waals surface area contributed by atoms with E-state index >= 15 is 0 Å². The summed E-state index contributed by atoms with van der Waals surface area (Å²) >= 11 is 0. The molecule has 0 bridgehead atoms. The Bertz CT molecular complexity index is 484. The number of sulfone groups is 1. The van der Waals surface area contributed by atoms with E-state index in [9.17, 15) is 8.42 Å². The number of nitrogens with two attached hydrogens (primary N) is 1. The lowest BCUT2D eigenvalue weighted by molar-refractivity contribution is 0.466. The first kappa shape index (κ1) is 11.9. The Morgan fingerprint density at radius 1 is 1.60 bits per heavy atom. The highest BCUT2D eigenvalue weighted by Crippen LogP contribution is 2.34. The van der Waals surface area contributed by atoms with Gasteiger partial charge in [-0.05, 0) is 19.9 Å². The van der Waals surface area contributed by atoms with Crippen LogP contribution in [0.5, 0.6) is 0 Å². The predicted molar refractivity (Wildman–Crippen MR) is 57.9 cm³/mol. The number of nitrogens with zero attached hydrogens (tertiary/aromatic N) is 2. The molecular formula is C9H14N3O2S+. The second kappa shape index (κ2) is 3.43. The van der Waals surface area contributed by atoms with E-state index in [0.717, 1.165) is 6.26 Å². The minimum absolute atomic E-state index is 0.126. The Morgan fingerprint density at radius 2 is 2.13 bits per heavy atom. The molecule has 0 saturated heterocycles. The lowest BCUT2D eigenvalue weighted by Crippen LogP contribution is -2.45. The zero-order valence-corrected chi connectivity index (χ0v) is 9.75. The van der Waals surface area contributed by atoms with Gasteiger partial charge >= 0.3 is 5.66 Å². The Hall–Kier alpha value is -1.19. The summed E-state index contributed by atoms with van der Waals surface area (Å²) in [5, 5.41) is 8.91. The summed E-state index contributed by atoms with van der Waals surface area (Å²) in [6.45, 7) is 3.33.